The van der Waals surface area contributed by atoms with Gasteiger partial charge in [0.1, 0.15) is 0 Å². The van der Waals surface area contributed by atoms with Crippen molar-refractivity contribution in [2.24, 2.45) is 0 Å². The van der Waals surface area contributed by atoms with Gasteiger partial charge in [0.25, 0.3) is 0 Å². The van der Waals surface area contributed by atoms with Crippen molar-refractivity contribution in [3.63, 3.8) is 0 Å². The molecule has 1 N–H and O–H groups in total. The van der Waals surface area contributed by atoms with Crippen LogP contribution in [0.3, 0.4) is 0 Å². The fraction of sp³-hybridized carbons (Fsp3) is 0.250. The lowest BCUT2D eigenvalue weighted by molar-refractivity contribution is 1.02. The topological polar surface area (TPSA) is 24.9 Å². The lowest BCUT2D eigenvalue weighted by Crippen LogP contribution is -2.04. The molecule has 2 rings (SSSR count). The van der Waals surface area contributed by atoms with E-state index in [4.69, 9.17) is 0 Å². The predicted molar refractivity (Wildman–Crippen MR) is 73.2 cm³/mol. The highest BCUT2D eigenvalue weighted by Crippen LogP contribution is 2.16. The van der Waals surface area contributed by atoms with Crippen LogP contribution in [-0.2, 0) is 6.42 Å². The summed E-state index contributed by atoms with van der Waals surface area (Å²) in [5.74, 6) is 0. The Morgan fingerprint density at radius 3 is 3.00 bits per heavy atom. The molecule has 0 aliphatic rings. The zero-order chi connectivity index (χ0) is 11.4. The number of aryl methyl sites for hydroxylation is 1. The molecule has 2 aromatic rings. The highest BCUT2D eigenvalue weighted by molar-refractivity contribution is 9.10. The average Bonchev–Trinajstić information content (AvgIpc) is 2.65. The molecule has 4 heteroatoms. The molecule has 0 amide bonds. The minimum Gasteiger partial charge on any atom is -0.385 e. The van der Waals surface area contributed by atoms with E-state index in [2.05, 4.69) is 45.3 Å². The summed E-state index contributed by atoms with van der Waals surface area (Å²) in [6, 6.07) is 8.21. The zero-order valence-electron chi connectivity index (χ0n) is 9.03. The van der Waals surface area contributed by atoms with E-state index >= 15 is 0 Å². The third-order valence-electron chi connectivity index (χ3n) is 2.35. The quantitative estimate of drug-likeness (QED) is 0.926. The first-order valence-corrected chi connectivity index (χ1v) is 6.81. The Labute approximate surface area is 108 Å². The van der Waals surface area contributed by atoms with Crippen LogP contribution >= 0.6 is 27.3 Å². The van der Waals surface area contributed by atoms with E-state index < -0.39 is 0 Å². The Morgan fingerprint density at radius 1 is 1.44 bits per heavy atom. The maximum atomic E-state index is 4.24. The van der Waals surface area contributed by atoms with Gasteiger partial charge in [0.2, 0.25) is 0 Å². The van der Waals surface area contributed by atoms with Crippen LogP contribution in [0.5, 0.6) is 0 Å². The summed E-state index contributed by atoms with van der Waals surface area (Å²) in [4.78, 5) is 5.60. The Hall–Kier alpha value is -0.870. The molecule has 0 saturated heterocycles. The lowest BCUT2D eigenvalue weighted by atomic mass is 10.3. The maximum absolute atomic E-state index is 4.24. The van der Waals surface area contributed by atoms with Crippen LogP contribution in [0.2, 0.25) is 0 Å². The van der Waals surface area contributed by atoms with E-state index in [-0.39, 0.29) is 0 Å². The van der Waals surface area contributed by atoms with E-state index in [9.17, 15) is 0 Å². The molecule has 0 radical (unpaired) electrons. The Morgan fingerprint density at radius 2 is 2.31 bits per heavy atom. The summed E-state index contributed by atoms with van der Waals surface area (Å²) < 4.78 is 1.10. The van der Waals surface area contributed by atoms with E-state index in [1.54, 1.807) is 11.3 Å². The van der Waals surface area contributed by atoms with Crippen molar-refractivity contribution in [3.05, 3.63) is 44.8 Å². The van der Waals surface area contributed by atoms with Crippen molar-refractivity contribution < 1.29 is 0 Å². The number of benzene rings is 1. The molecule has 0 unspecified atom stereocenters. The molecule has 0 bridgehead atoms. The summed E-state index contributed by atoms with van der Waals surface area (Å²) in [5, 5.41) is 3.40. The van der Waals surface area contributed by atoms with Crippen LogP contribution < -0.4 is 5.32 Å². The first-order chi connectivity index (χ1) is 7.75. The van der Waals surface area contributed by atoms with Gasteiger partial charge in [-0.25, -0.2) is 4.98 Å². The van der Waals surface area contributed by atoms with Crippen LogP contribution in [0.4, 0.5) is 5.69 Å². The van der Waals surface area contributed by atoms with Crippen LogP contribution in [0, 0.1) is 6.92 Å². The number of rotatable bonds is 4. The number of hydrogen-bond acceptors (Lipinski definition) is 3. The van der Waals surface area contributed by atoms with Crippen molar-refractivity contribution in [1.29, 1.82) is 0 Å². The van der Waals surface area contributed by atoms with E-state index in [0.29, 0.717) is 0 Å². The number of nitrogens with zero attached hydrogens (tertiary/aromatic N) is 1. The molecule has 0 atom stereocenters. The SMILES string of the molecule is Cc1ncsc1CCNc1cccc(Br)c1. The molecule has 0 spiro atoms. The molecule has 1 aromatic carbocycles. The fourth-order valence-corrected chi connectivity index (χ4v) is 2.67. The standard InChI is InChI=1S/C12H13BrN2S/c1-9-12(16-8-15-9)5-6-14-11-4-2-3-10(13)7-11/h2-4,7-8,14H,5-6H2,1H3. The van der Waals surface area contributed by atoms with Gasteiger partial charge in [0.05, 0.1) is 11.2 Å². The Bertz CT molecular complexity index is 468. The smallest absolute Gasteiger partial charge is 0.0797 e. The van der Waals surface area contributed by atoms with Gasteiger partial charge in [-0.05, 0) is 25.1 Å². The lowest BCUT2D eigenvalue weighted by Gasteiger charge is -2.05. The van der Waals surface area contributed by atoms with Crippen molar-refractivity contribution in [3.8, 4) is 0 Å². The van der Waals surface area contributed by atoms with Gasteiger partial charge in [-0.2, -0.15) is 0 Å². The number of hydrogen-bond donors (Lipinski definition) is 1. The van der Waals surface area contributed by atoms with Crippen molar-refractivity contribution >= 4 is 33.0 Å². The molecule has 2 nitrogen and oxygen atoms in total. The fourth-order valence-electron chi connectivity index (χ4n) is 1.48. The normalized spacial score (nSPS) is 10.4. The monoisotopic (exact) mass is 296 g/mol. The molecular formula is C12H13BrN2S. The van der Waals surface area contributed by atoms with Crippen LogP contribution in [0.25, 0.3) is 0 Å². The summed E-state index contributed by atoms with van der Waals surface area (Å²) in [7, 11) is 0. The first-order valence-electron chi connectivity index (χ1n) is 5.14. The molecule has 0 fully saturated rings. The van der Waals surface area contributed by atoms with E-state index in [0.717, 1.165) is 28.8 Å². The average molecular weight is 297 g/mol. The molecular weight excluding hydrogens is 284 g/mol. The Balaban J connectivity index is 1.87. The highest BCUT2D eigenvalue weighted by Gasteiger charge is 2.00. The minimum absolute atomic E-state index is 0.944. The molecule has 84 valence electrons. The van der Waals surface area contributed by atoms with Crippen molar-refractivity contribution in [1.82, 2.24) is 4.98 Å². The van der Waals surface area contributed by atoms with Gasteiger partial charge < -0.3 is 5.32 Å². The van der Waals surface area contributed by atoms with Gasteiger partial charge in [-0.15, -0.1) is 11.3 Å². The maximum Gasteiger partial charge on any atom is 0.0797 e. The third-order valence-corrected chi connectivity index (χ3v) is 3.84. The number of nitrogens with one attached hydrogen (secondary N) is 1. The third kappa shape index (κ3) is 3.06. The Kier molecular flexibility index (Phi) is 3.96. The second-order valence-electron chi connectivity index (χ2n) is 3.55. The summed E-state index contributed by atoms with van der Waals surface area (Å²) in [5.41, 5.74) is 4.21. The van der Waals surface area contributed by atoms with E-state index in [1.807, 2.05) is 17.6 Å². The zero-order valence-corrected chi connectivity index (χ0v) is 11.4. The second-order valence-corrected chi connectivity index (χ2v) is 5.40. The highest BCUT2D eigenvalue weighted by atomic mass is 79.9. The van der Waals surface area contributed by atoms with Gasteiger partial charge in [-0.1, -0.05) is 22.0 Å². The molecule has 16 heavy (non-hydrogen) atoms. The summed E-state index contributed by atoms with van der Waals surface area (Å²) in [6.45, 7) is 3.00. The second kappa shape index (κ2) is 5.46. The summed E-state index contributed by atoms with van der Waals surface area (Å²) >= 11 is 5.18. The molecule has 0 aliphatic heterocycles. The molecule has 1 heterocycles. The van der Waals surface area contributed by atoms with Crippen LogP contribution in [0.1, 0.15) is 10.6 Å². The number of anilines is 1. The molecule has 1 aromatic heterocycles. The summed E-state index contributed by atoms with van der Waals surface area (Å²) in [6.07, 6.45) is 1.03. The van der Waals surface area contributed by atoms with Gasteiger partial charge >= 0.3 is 0 Å². The van der Waals surface area contributed by atoms with Crippen molar-refractivity contribution in [2.45, 2.75) is 13.3 Å². The minimum atomic E-state index is 0.944. The van der Waals surface area contributed by atoms with Crippen molar-refractivity contribution in [2.75, 3.05) is 11.9 Å². The predicted octanol–water partition coefficient (Wildman–Crippen LogP) is 3.87. The first kappa shape index (κ1) is 11.6. The van der Waals surface area contributed by atoms with Crippen LogP contribution in [0.15, 0.2) is 34.2 Å². The number of halogens is 1. The van der Waals surface area contributed by atoms with Crippen LogP contribution in [-0.4, -0.2) is 11.5 Å². The molecule has 0 saturated carbocycles. The van der Waals surface area contributed by atoms with Gasteiger partial charge in [0, 0.05) is 28.0 Å². The van der Waals surface area contributed by atoms with Gasteiger partial charge in [-0.3, -0.25) is 0 Å². The number of aromatic nitrogens is 1. The van der Waals surface area contributed by atoms with Gasteiger partial charge in [0.15, 0.2) is 0 Å². The molecule has 0 aliphatic carbocycles. The largest absolute Gasteiger partial charge is 0.385 e. The number of thiazole rings is 1. The van der Waals surface area contributed by atoms with E-state index in [1.165, 1.54) is 4.88 Å².